The van der Waals surface area contributed by atoms with Gasteiger partial charge < -0.3 is 10.0 Å². The van der Waals surface area contributed by atoms with Crippen molar-refractivity contribution in [2.24, 2.45) is 5.92 Å². The van der Waals surface area contributed by atoms with Crippen LogP contribution in [0.3, 0.4) is 0 Å². The van der Waals surface area contributed by atoms with Gasteiger partial charge in [0.15, 0.2) is 0 Å². The predicted molar refractivity (Wildman–Crippen MR) is 85.9 cm³/mol. The largest absolute Gasteiger partial charge is 0.393 e. The highest BCUT2D eigenvalue weighted by molar-refractivity contribution is 5.76. The van der Waals surface area contributed by atoms with Gasteiger partial charge in [-0.1, -0.05) is 37.1 Å². The second-order valence-corrected chi connectivity index (χ2v) is 6.48. The fourth-order valence-corrected chi connectivity index (χ4v) is 3.18. The molecule has 1 aliphatic heterocycles. The van der Waals surface area contributed by atoms with Crippen molar-refractivity contribution >= 4 is 5.91 Å². The molecule has 3 nitrogen and oxygen atoms in total. The molecular weight excluding hydrogens is 262 g/mol. The van der Waals surface area contributed by atoms with Crippen molar-refractivity contribution in [3.8, 4) is 0 Å². The van der Waals surface area contributed by atoms with Crippen molar-refractivity contribution in [1.29, 1.82) is 0 Å². The number of unbranched alkanes of at least 4 members (excludes halogenated alkanes) is 2. The molecule has 0 saturated carbocycles. The van der Waals surface area contributed by atoms with E-state index in [-0.39, 0.29) is 12.0 Å². The Morgan fingerprint density at radius 2 is 2.05 bits per heavy atom. The van der Waals surface area contributed by atoms with Crippen LogP contribution in [0.2, 0.25) is 0 Å². The molecule has 2 rings (SSSR count). The van der Waals surface area contributed by atoms with E-state index in [1.807, 2.05) is 4.90 Å². The lowest BCUT2D eigenvalue weighted by Gasteiger charge is -2.29. The van der Waals surface area contributed by atoms with E-state index in [4.69, 9.17) is 0 Å². The lowest BCUT2D eigenvalue weighted by molar-refractivity contribution is -0.133. The fourth-order valence-electron chi connectivity index (χ4n) is 3.18. The van der Waals surface area contributed by atoms with E-state index in [1.165, 1.54) is 19.3 Å². The average molecular weight is 291 g/mol. The van der Waals surface area contributed by atoms with Gasteiger partial charge in [-0.15, -0.1) is 0 Å². The molecule has 0 spiro atoms. The highest BCUT2D eigenvalue weighted by Gasteiger charge is 2.20. The fraction of sp³-hybridized carbons (Fsp3) is 0.722. The summed E-state index contributed by atoms with van der Waals surface area (Å²) in [7, 11) is 0. The minimum atomic E-state index is -0.200. The first-order valence-electron chi connectivity index (χ1n) is 8.48. The van der Waals surface area contributed by atoms with Gasteiger partial charge in [0.1, 0.15) is 0 Å². The van der Waals surface area contributed by atoms with E-state index < -0.39 is 0 Å². The second kappa shape index (κ2) is 8.38. The van der Waals surface area contributed by atoms with E-state index in [2.05, 4.69) is 25.2 Å². The number of aliphatic hydroxyl groups excluding tert-OH is 1. The number of allylic oxidation sites excluding steroid dienone is 4. The molecular formula is C18H29NO2. The van der Waals surface area contributed by atoms with E-state index in [1.54, 1.807) is 5.57 Å². The highest BCUT2D eigenvalue weighted by Crippen LogP contribution is 2.24. The van der Waals surface area contributed by atoms with Gasteiger partial charge >= 0.3 is 0 Å². The van der Waals surface area contributed by atoms with Crippen molar-refractivity contribution in [1.82, 2.24) is 4.90 Å². The van der Waals surface area contributed by atoms with Gasteiger partial charge in [0.25, 0.3) is 0 Å². The number of nitrogens with zero attached hydrogens (tertiary/aromatic N) is 1. The molecule has 21 heavy (non-hydrogen) atoms. The zero-order chi connectivity index (χ0) is 15.1. The Kier molecular flexibility index (Phi) is 6.50. The first-order valence-corrected chi connectivity index (χ1v) is 8.48. The van der Waals surface area contributed by atoms with Crippen molar-refractivity contribution in [2.75, 3.05) is 13.1 Å². The van der Waals surface area contributed by atoms with Crippen LogP contribution in [0.5, 0.6) is 0 Å². The van der Waals surface area contributed by atoms with E-state index in [0.29, 0.717) is 12.3 Å². The molecule has 3 heteroatoms. The minimum absolute atomic E-state index is 0.200. The van der Waals surface area contributed by atoms with E-state index >= 15 is 0 Å². The molecule has 0 aromatic rings. The summed E-state index contributed by atoms with van der Waals surface area (Å²) >= 11 is 0. The average Bonchev–Trinajstić information content (AvgIpc) is 2.49. The summed E-state index contributed by atoms with van der Waals surface area (Å²) in [6, 6.07) is 0. The summed E-state index contributed by atoms with van der Waals surface area (Å²) in [6.45, 7) is 3.76. The van der Waals surface area contributed by atoms with Gasteiger partial charge in [-0.25, -0.2) is 0 Å². The third-order valence-corrected chi connectivity index (χ3v) is 4.74. The maximum absolute atomic E-state index is 12.0. The Hall–Kier alpha value is -1.09. The number of likely N-dealkylation sites (tertiary alicyclic amines) is 1. The second-order valence-electron chi connectivity index (χ2n) is 6.48. The Morgan fingerprint density at radius 1 is 1.29 bits per heavy atom. The number of aliphatic hydroxyl groups is 1. The van der Waals surface area contributed by atoms with Crippen molar-refractivity contribution < 1.29 is 9.90 Å². The Labute approximate surface area is 128 Å². The molecule has 2 aliphatic rings. The quantitative estimate of drug-likeness (QED) is 0.762. The van der Waals surface area contributed by atoms with Crippen molar-refractivity contribution in [3.63, 3.8) is 0 Å². The van der Waals surface area contributed by atoms with Gasteiger partial charge in [0.05, 0.1) is 6.10 Å². The summed E-state index contributed by atoms with van der Waals surface area (Å²) in [5.74, 6) is 0.964. The number of hydrogen-bond donors (Lipinski definition) is 1. The van der Waals surface area contributed by atoms with Gasteiger partial charge in [0.2, 0.25) is 5.91 Å². The summed E-state index contributed by atoms with van der Waals surface area (Å²) in [5.41, 5.74) is 1.56. The first kappa shape index (κ1) is 16.3. The van der Waals surface area contributed by atoms with Crippen LogP contribution in [0.25, 0.3) is 0 Å². The van der Waals surface area contributed by atoms with Gasteiger partial charge in [-0.2, -0.15) is 0 Å². The molecule has 0 bridgehead atoms. The molecule has 1 aliphatic carbocycles. The number of rotatable bonds is 6. The number of carbonyl (C=O) groups is 1. The molecule has 0 radical (unpaired) electrons. The number of piperidine rings is 1. The summed E-state index contributed by atoms with van der Waals surface area (Å²) in [6.07, 6.45) is 14.3. The molecule has 1 fully saturated rings. The molecule has 1 atom stereocenters. The molecule has 1 amide bonds. The monoisotopic (exact) mass is 291 g/mol. The summed E-state index contributed by atoms with van der Waals surface area (Å²) in [4.78, 5) is 14.0. The van der Waals surface area contributed by atoms with E-state index in [9.17, 15) is 9.90 Å². The van der Waals surface area contributed by atoms with Crippen LogP contribution >= 0.6 is 0 Å². The molecule has 1 saturated heterocycles. The van der Waals surface area contributed by atoms with Gasteiger partial charge in [0, 0.05) is 19.5 Å². The molecule has 1 unspecified atom stereocenters. The van der Waals surface area contributed by atoms with Crippen LogP contribution in [0.15, 0.2) is 23.8 Å². The van der Waals surface area contributed by atoms with Gasteiger partial charge in [-0.3, -0.25) is 4.79 Å². The SMILES string of the molecule is CC1CC=CC=C1CCCCCC(=O)N1CCC(O)CC1. The van der Waals surface area contributed by atoms with Crippen LogP contribution in [-0.4, -0.2) is 35.1 Å². The van der Waals surface area contributed by atoms with Crippen LogP contribution in [0.4, 0.5) is 0 Å². The lowest BCUT2D eigenvalue weighted by Crippen LogP contribution is -2.39. The Morgan fingerprint density at radius 3 is 2.76 bits per heavy atom. The van der Waals surface area contributed by atoms with Crippen LogP contribution in [0.1, 0.15) is 58.3 Å². The Balaban J connectivity index is 1.56. The van der Waals surface area contributed by atoms with E-state index in [0.717, 1.165) is 38.8 Å². The van der Waals surface area contributed by atoms with Crippen LogP contribution in [-0.2, 0) is 4.79 Å². The smallest absolute Gasteiger partial charge is 0.222 e. The van der Waals surface area contributed by atoms with Crippen molar-refractivity contribution in [3.05, 3.63) is 23.8 Å². The minimum Gasteiger partial charge on any atom is -0.393 e. The van der Waals surface area contributed by atoms with Crippen molar-refractivity contribution in [2.45, 2.75) is 64.4 Å². The zero-order valence-electron chi connectivity index (χ0n) is 13.3. The molecule has 118 valence electrons. The normalized spacial score (nSPS) is 23.2. The topological polar surface area (TPSA) is 40.5 Å². The molecule has 1 N–H and O–H groups in total. The summed E-state index contributed by atoms with van der Waals surface area (Å²) < 4.78 is 0. The van der Waals surface area contributed by atoms with Gasteiger partial charge in [-0.05, 0) is 44.4 Å². The third-order valence-electron chi connectivity index (χ3n) is 4.74. The molecule has 0 aromatic carbocycles. The maximum atomic E-state index is 12.0. The van der Waals surface area contributed by atoms with Crippen LogP contribution in [0, 0.1) is 5.92 Å². The third kappa shape index (κ3) is 5.31. The zero-order valence-corrected chi connectivity index (χ0v) is 13.3. The Bertz CT molecular complexity index is 392. The standard InChI is InChI=1S/C18H29NO2/c1-15-7-5-6-9-16(15)8-3-2-4-10-18(21)19-13-11-17(20)12-14-19/h5-6,9,15,17,20H,2-4,7-8,10-14H2,1H3. The number of carbonyl (C=O) groups excluding carboxylic acids is 1. The highest BCUT2D eigenvalue weighted by atomic mass is 16.3. The number of hydrogen-bond acceptors (Lipinski definition) is 2. The van der Waals surface area contributed by atoms with Crippen LogP contribution < -0.4 is 0 Å². The summed E-state index contributed by atoms with van der Waals surface area (Å²) in [5, 5.41) is 9.45. The first-order chi connectivity index (χ1) is 10.2. The lowest BCUT2D eigenvalue weighted by atomic mass is 9.89. The predicted octanol–water partition coefficient (Wildman–Crippen LogP) is 3.44. The maximum Gasteiger partial charge on any atom is 0.222 e. The number of amides is 1. The molecule has 1 heterocycles. The molecule has 0 aromatic heterocycles.